The molecule has 0 unspecified atom stereocenters. The normalized spacial score (nSPS) is 10.6. The minimum absolute atomic E-state index is 0.0414. The monoisotopic (exact) mass is 359 g/mol. The second kappa shape index (κ2) is 7.03. The fourth-order valence-corrected chi connectivity index (χ4v) is 3.03. The van der Waals surface area contributed by atoms with Gasteiger partial charge in [0.15, 0.2) is 5.78 Å². The lowest BCUT2D eigenvalue weighted by molar-refractivity contribution is 0.0904. The van der Waals surface area contributed by atoms with Gasteiger partial charge in [-0.3, -0.25) is 9.59 Å². The summed E-state index contributed by atoms with van der Waals surface area (Å²) in [7, 11) is 0. The summed E-state index contributed by atoms with van der Waals surface area (Å²) in [5.41, 5.74) is 1.25. The molecule has 1 N–H and O–H groups in total. The quantitative estimate of drug-likeness (QED) is 0.678. The third-order valence-corrected chi connectivity index (χ3v) is 4.66. The molecular weight excluding hydrogens is 346 g/mol. The van der Waals surface area contributed by atoms with Gasteiger partial charge in [-0.05, 0) is 48.7 Å². The molecule has 0 bridgehead atoms. The molecule has 0 fully saturated rings. The van der Waals surface area contributed by atoms with Gasteiger partial charge in [-0.25, -0.2) is 0 Å². The molecular formula is C18H14ClNO3S. The molecule has 0 aliphatic heterocycles. The van der Waals surface area contributed by atoms with E-state index in [0.717, 1.165) is 5.56 Å². The number of Topliss-reactive ketones (excluding diaryl/α,β-unsaturated/α-hetero) is 1. The Morgan fingerprint density at radius 1 is 1.21 bits per heavy atom. The maximum absolute atomic E-state index is 12.3. The Morgan fingerprint density at radius 2 is 1.96 bits per heavy atom. The van der Waals surface area contributed by atoms with Gasteiger partial charge in [-0.1, -0.05) is 17.7 Å². The number of ketones is 1. The lowest BCUT2D eigenvalue weighted by Gasteiger charge is -2.02. The molecule has 0 spiro atoms. The Kier molecular flexibility index (Phi) is 4.83. The molecule has 0 radical (unpaired) electrons. The van der Waals surface area contributed by atoms with Gasteiger partial charge in [-0.2, -0.15) is 0 Å². The van der Waals surface area contributed by atoms with Crippen LogP contribution in [0.1, 0.15) is 25.8 Å². The molecule has 122 valence electrons. The lowest BCUT2D eigenvalue weighted by Crippen LogP contribution is -2.29. The molecule has 3 rings (SSSR count). The van der Waals surface area contributed by atoms with E-state index in [1.807, 2.05) is 17.5 Å². The van der Waals surface area contributed by atoms with E-state index in [2.05, 4.69) is 5.32 Å². The van der Waals surface area contributed by atoms with Crippen LogP contribution in [-0.4, -0.2) is 18.2 Å². The van der Waals surface area contributed by atoms with Crippen LogP contribution in [0.25, 0.3) is 11.3 Å². The van der Waals surface area contributed by atoms with Gasteiger partial charge in [0, 0.05) is 10.6 Å². The summed E-state index contributed by atoms with van der Waals surface area (Å²) < 4.78 is 5.65. The van der Waals surface area contributed by atoms with Crippen molar-refractivity contribution in [2.45, 2.75) is 6.92 Å². The topological polar surface area (TPSA) is 59.3 Å². The Bertz CT molecular complexity index is 866. The molecule has 0 saturated heterocycles. The summed E-state index contributed by atoms with van der Waals surface area (Å²) in [6, 6.07) is 12.4. The lowest BCUT2D eigenvalue weighted by atomic mass is 10.1. The van der Waals surface area contributed by atoms with Crippen LogP contribution in [0.5, 0.6) is 0 Å². The fraction of sp³-hybridized carbons (Fsp3) is 0.111. The van der Waals surface area contributed by atoms with Crippen molar-refractivity contribution >= 4 is 34.6 Å². The molecule has 0 aliphatic carbocycles. The van der Waals surface area contributed by atoms with Gasteiger partial charge in [0.25, 0.3) is 5.91 Å². The highest BCUT2D eigenvalue weighted by atomic mass is 35.5. The van der Waals surface area contributed by atoms with Crippen molar-refractivity contribution in [1.29, 1.82) is 0 Å². The van der Waals surface area contributed by atoms with Crippen LogP contribution in [0, 0.1) is 6.92 Å². The maximum Gasteiger partial charge on any atom is 0.255 e. The number of carbonyl (C=O) groups excluding carboxylic acids is 2. The van der Waals surface area contributed by atoms with Crippen molar-refractivity contribution in [3.8, 4) is 11.3 Å². The van der Waals surface area contributed by atoms with E-state index in [1.165, 1.54) is 11.3 Å². The number of carbonyl (C=O) groups is 2. The summed E-state index contributed by atoms with van der Waals surface area (Å²) >= 11 is 7.23. The zero-order valence-electron chi connectivity index (χ0n) is 12.8. The van der Waals surface area contributed by atoms with Crippen LogP contribution in [0.3, 0.4) is 0 Å². The Labute approximate surface area is 148 Å². The van der Waals surface area contributed by atoms with Crippen molar-refractivity contribution in [2.24, 2.45) is 0 Å². The number of hydrogen-bond donors (Lipinski definition) is 1. The number of aryl methyl sites for hydroxylation is 1. The van der Waals surface area contributed by atoms with Gasteiger partial charge in [0.1, 0.15) is 11.5 Å². The zero-order chi connectivity index (χ0) is 17.1. The highest BCUT2D eigenvalue weighted by Gasteiger charge is 2.17. The highest BCUT2D eigenvalue weighted by molar-refractivity contribution is 7.12. The van der Waals surface area contributed by atoms with Crippen LogP contribution in [0.4, 0.5) is 0 Å². The molecule has 2 aromatic heterocycles. The van der Waals surface area contributed by atoms with Gasteiger partial charge < -0.3 is 9.73 Å². The minimum Gasteiger partial charge on any atom is -0.461 e. The third-order valence-electron chi connectivity index (χ3n) is 3.50. The molecule has 0 aliphatic rings. The minimum atomic E-state index is -0.332. The van der Waals surface area contributed by atoms with E-state index >= 15 is 0 Å². The van der Waals surface area contributed by atoms with Crippen LogP contribution in [-0.2, 0) is 0 Å². The fourth-order valence-electron chi connectivity index (χ4n) is 2.24. The summed E-state index contributed by atoms with van der Waals surface area (Å²) in [4.78, 5) is 24.9. The molecule has 4 nitrogen and oxygen atoms in total. The summed E-state index contributed by atoms with van der Waals surface area (Å²) in [5.74, 6) is 0.638. The zero-order valence-corrected chi connectivity index (χ0v) is 14.4. The van der Waals surface area contributed by atoms with Gasteiger partial charge in [0.2, 0.25) is 0 Å². The van der Waals surface area contributed by atoms with E-state index in [-0.39, 0.29) is 18.2 Å². The van der Waals surface area contributed by atoms with E-state index in [9.17, 15) is 9.59 Å². The van der Waals surface area contributed by atoms with Gasteiger partial charge in [0.05, 0.1) is 17.0 Å². The van der Waals surface area contributed by atoms with Crippen LogP contribution < -0.4 is 5.32 Å². The summed E-state index contributed by atoms with van der Waals surface area (Å²) in [6.45, 7) is 1.68. The van der Waals surface area contributed by atoms with Crippen LogP contribution >= 0.6 is 22.9 Å². The van der Waals surface area contributed by atoms with Crippen molar-refractivity contribution in [3.05, 3.63) is 69.1 Å². The predicted octanol–water partition coefficient (Wildman–Crippen LogP) is 4.58. The number of halogens is 1. The molecule has 24 heavy (non-hydrogen) atoms. The number of amides is 1. The maximum atomic E-state index is 12.3. The van der Waals surface area contributed by atoms with E-state index < -0.39 is 0 Å². The number of furan rings is 1. The molecule has 0 saturated carbocycles. The molecule has 1 amide bonds. The van der Waals surface area contributed by atoms with E-state index in [1.54, 1.807) is 37.3 Å². The third kappa shape index (κ3) is 3.58. The molecule has 0 atom stereocenters. The average molecular weight is 360 g/mol. The van der Waals surface area contributed by atoms with Gasteiger partial charge >= 0.3 is 0 Å². The predicted molar refractivity (Wildman–Crippen MR) is 94.9 cm³/mol. The molecule has 3 aromatic rings. The smallest absolute Gasteiger partial charge is 0.255 e. The SMILES string of the molecule is Cc1oc(-c2ccc(Cl)cc2)cc1C(=O)NCC(=O)c1cccs1. The average Bonchev–Trinajstić information content (AvgIpc) is 3.23. The number of rotatable bonds is 5. The van der Waals surface area contributed by atoms with Crippen molar-refractivity contribution in [1.82, 2.24) is 5.32 Å². The molecule has 6 heteroatoms. The first-order valence-corrected chi connectivity index (χ1v) is 8.51. The highest BCUT2D eigenvalue weighted by Crippen LogP contribution is 2.26. The van der Waals surface area contributed by atoms with Crippen molar-refractivity contribution in [2.75, 3.05) is 6.54 Å². The van der Waals surface area contributed by atoms with E-state index in [0.29, 0.717) is 27.0 Å². The molecule has 2 heterocycles. The van der Waals surface area contributed by atoms with Gasteiger partial charge in [-0.15, -0.1) is 11.3 Å². The standard InChI is InChI=1S/C18H14ClNO3S/c1-11-14(9-16(23-11)12-4-6-13(19)7-5-12)18(22)20-10-15(21)17-3-2-8-24-17/h2-9H,10H2,1H3,(H,20,22). The van der Waals surface area contributed by atoms with Crippen molar-refractivity contribution < 1.29 is 14.0 Å². The Morgan fingerprint density at radius 3 is 2.62 bits per heavy atom. The Balaban J connectivity index is 1.71. The number of hydrogen-bond acceptors (Lipinski definition) is 4. The molecule has 1 aromatic carbocycles. The number of benzene rings is 1. The largest absolute Gasteiger partial charge is 0.461 e. The first-order valence-electron chi connectivity index (χ1n) is 7.26. The Hall–Kier alpha value is -2.37. The second-order valence-electron chi connectivity index (χ2n) is 5.17. The first kappa shape index (κ1) is 16.5. The summed E-state index contributed by atoms with van der Waals surface area (Å²) in [6.07, 6.45) is 0. The summed E-state index contributed by atoms with van der Waals surface area (Å²) in [5, 5.41) is 5.10. The van der Waals surface area contributed by atoms with E-state index in [4.69, 9.17) is 16.0 Å². The second-order valence-corrected chi connectivity index (χ2v) is 6.55. The number of thiophene rings is 1. The van der Waals surface area contributed by atoms with Crippen LogP contribution in [0.2, 0.25) is 5.02 Å². The van der Waals surface area contributed by atoms with Crippen LogP contribution in [0.15, 0.2) is 52.3 Å². The number of nitrogens with one attached hydrogen (secondary N) is 1. The van der Waals surface area contributed by atoms with Crippen molar-refractivity contribution in [3.63, 3.8) is 0 Å². The first-order chi connectivity index (χ1) is 11.5.